The van der Waals surface area contributed by atoms with Crippen LogP contribution in [-0.2, 0) is 6.42 Å². The molecule has 0 aliphatic carbocycles. The highest BCUT2D eigenvalue weighted by Crippen LogP contribution is 2.29. The van der Waals surface area contributed by atoms with Gasteiger partial charge in [0.2, 0.25) is 0 Å². The minimum absolute atomic E-state index is 0.279. The van der Waals surface area contributed by atoms with Gasteiger partial charge < -0.3 is 14.2 Å². The molecule has 146 valence electrons. The van der Waals surface area contributed by atoms with Gasteiger partial charge in [-0.05, 0) is 66.6 Å². The molecule has 0 bridgehead atoms. The first-order chi connectivity index (χ1) is 13.7. The second-order valence-electron chi connectivity index (χ2n) is 6.44. The van der Waals surface area contributed by atoms with Crippen LogP contribution in [0.4, 0.5) is 4.39 Å². The zero-order valence-corrected chi connectivity index (χ0v) is 16.1. The maximum atomic E-state index is 13.0. The van der Waals surface area contributed by atoms with Crippen molar-refractivity contribution in [2.75, 3.05) is 13.2 Å². The molecule has 0 N–H and O–H groups in total. The predicted molar refractivity (Wildman–Crippen MR) is 109 cm³/mol. The predicted octanol–water partition coefficient (Wildman–Crippen LogP) is 6.42. The van der Waals surface area contributed by atoms with Gasteiger partial charge in [0.05, 0.1) is 13.2 Å². The summed E-state index contributed by atoms with van der Waals surface area (Å²) in [6, 6.07) is 21.6. The van der Waals surface area contributed by atoms with Gasteiger partial charge in [-0.2, -0.15) is 0 Å². The summed E-state index contributed by atoms with van der Waals surface area (Å²) in [5.41, 5.74) is 1.10. The van der Waals surface area contributed by atoms with E-state index in [0.717, 1.165) is 42.1 Å². The Balaban J connectivity index is 1.54. The molecule has 0 saturated heterocycles. The molecule has 0 aliphatic heterocycles. The van der Waals surface area contributed by atoms with Crippen molar-refractivity contribution in [1.29, 1.82) is 0 Å². The third kappa shape index (κ3) is 6.02. The lowest BCUT2D eigenvalue weighted by molar-refractivity contribution is 0.246. The number of hydrogen-bond donors (Lipinski definition) is 0. The topological polar surface area (TPSA) is 27.7 Å². The lowest BCUT2D eigenvalue weighted by Gasteiger charge is -2.14. The Hall–Kier alpha value is -3.01. The van der Waals surface area contributed by atoms with E-state index in [0.29, 0.717) is 19.0 Å². The Morgan fingerprint density at radius 1 is 0.750 bits per heavy atom. The molecule has 0 aromatic heterocycles. The van der Waals surface area contributed by atoms with E-state index in [1.54, 1.807) is 12.1 Å². The van der Waals surface area contributed by atoms with Crippen molar-refractivity contribution in [2.45, 2.75) is 26.2 Å². The van der Waals surface area contributed by atoms with Gasteiger partial charge in [-0.25, -0.2) is 4.39 Å². The normalized spacial score (nSPS) is 10.5. The number of benzene rings is 3. The lowest BCUT2D eigenvalue weighted by Crippen LogP contribution is -2.06. The van der Waals surface area contributed by atoms with Gasteiger partial charge in [0.1, 0.15) is 28.8 Å². The molecule has 0 fully saturated rings. The van der Waals surface area contributed by atoms with Crippen molar-refractivity contribution in [3.05, 3.63) is 84.2 Å². The van der Waals surface area contributed by atoms with Gasteiger partial charge in [-0.3, -0.25) is 0 Å². The van der Waals surface area contributed by atoms with E-state index in [-0.39, 0.29) is 5.82 Å². The van der Waals surface area contributed by atoms with Crippen molar-refractivity contribution in [3.63, 3.8) is 0 Å². The molecule has 4 heteroatoms. The van der Waals surface area contributed by atoms with E-state index in [1.807, 2.05) is 48.5 Å². The molecule has 0 saturated carbocycles. The summed E-state index contributed by atoms with van der Waals surface area (Å²) in [6.07, 6.45) is 2.71. The molecule has 0 aliphatic rings. The van der Waals surface area contributed by atoms with Gasteiger partial charge in [-0.15, -0.1) is 0 Å². The first kappa shape index (κ1) is 19.7. The molecule has 0 spiro atoms. The van der Waals surface area contributed by atoms with Crippen LogP contribution in [0.3, 0.4) is 0 Å². The van der Waals surface area contributed by atoms with Crippen LogP contribution in [0, 0.1) is 5.82 Å². The molecule has 28 heavy (non-hydrogen) atoms. The van der Waals surface area contributed by atoms with Crippen LogP contribution in [0.25, 0.3) is 0 Å². The third-order valence-electron chi connectivity index (χ3n) is 4.16. The fourth-order valence-corrected chi connectivity index (χ4v) is 2.81. The standard InChI is InChI=1S/C24H25FO3/c1-2-7-19-18-23(28-22-12-10-20(25)11-13-22)14-15-24(19)27-17-6-16-26-21-8-4-3-5-9-21/h3-5,8-15,18H,2,6-7,16-17H2,1H3. The molecule has 0 heterocycles. The maximum Gasteiger partial charge on any atom is 0.127 e. The van der Waals surface area contributed by atoms with E-state index < -0.39 is 0 Å². The number of halogens is 1. The van der Waals surface area contributed by atoms with Crippen molar-refractivity contribution in [2.24, 2.45) is 0 Å². The van der Waals surface area contributed by atoms with Crippen LogP contribution < -0.4 is 14.2 Å². The Bertz CT molecular complexity index is 847. The highest BCUT2D eigenvalue weighted by Gasteiger charge is 2.07. The third-order valence-corrected chi connectivity index (χ3v) is 4.16. The molecular weight excluding hydrogens is 355 g/mol. The van der Waals surface area contributed by atoms with Gasteiger partial charge >= 0.3 is 0 Å². The summed E-state index contributed by atoms with van der Waals surface area (Å²) in [5.74, 6) is 2.79. The number of rotatable bonds is 10. The van der Waals surface area contributed by atoms with Gasteiger partial charge in [0, 0.05) is 6.42 Å². The smallest absolute Gasteiger partial charge is 0.127 e. The highest BCUT2D eigenvalue weighted by molar-refractivity contribution is 5.42. The minimum atomic E-state index is -0.279. The summed E-state index contributed by atoms with van der Waals surface area (Å²) in [5, 5.41) is 0. The average molecular weight is 380 g/mol. The quantitative estimate of drug-likeness (QED) is 0.380. The second-order valence-corrected chi connectivity index (χ2v) is 6.44. The Labute approximate surface area is 165 Å². The Morgan fingerprint density at radius 2 is 1.46 bits per heavy atom. The van der Waals surface area contributed by atoms with Gasteiger partial charge in [-0.1, -0.05) is 31.5 Å². The molecule has 0 atom stereocenters. The lowest BCUT2D eigenvalue weighted by atomic mass is 10.1. The van der Waals surface area contributed by atoms with Crippen LogP contribution in [-0.4, -0.2) is 13.2 Å². The SMILES string of the molecule is CCCc1cc(Oc2ccc(F)cc2)ccc1OCCCOc1ccccc1. The summed E-state index contributed by atoms with van der Waals surface area (Å²) < 4.78 is 30.5. The first-order valence-electron chi connectivity index (χ1n) is 9.61. The fraction of sp³-hybridized carbons (Fsp3) is 0.250. The summed E-state index contributed by atoms with van der Waals surface area (Å²) in [7, 11) is 0. The number of para-hydroxylation sites is 1. The van der Waals surface area contributed by atoms with Gasteiger partial charge in [0.25, 0.3) is 0 Å². The van der Waals surface area contributed by atoms with Crippen LogP contribution in [0.15, 0.2) is 72.8 Å². The molecule has 3 nitrogen and oxygen atoms in total. The van der Waals surface area contributed by atoms with E-state index in [1.165, 1.54) is 12.1 Å². The molecule has 3 aromatic carbocycles. The van der Waals surface area contributed by atoms with E-state index >= 15 is 0 Å². The Morgan fingerprint density at radius 3 is 2.21 bits per heavy atom. The first-order valence-corrected chi connectivity index (χ1v) is 9.61. The molecule has 0 amide bonds. The van der Waals surface area contributed by atoms with Crippen molar-refractivity contribution < 1.29 is 18.6 Å². The van der Waals surface area contributed by atoms with Crippen LogP contribution in [0.1, 0.15) is 25.3 Å². The van der Waals surface area contributed by atoms with Crippen LogP contribution in [0.5, 0.6) is 23.0 Å². The van der Waals surface area contributed by atoms with Crippen molar-refractivity contribution >= 4 is 0 Å². The maximum absolute atomic E-state index is 13.0. The molecule has 0 unspecified atom stereocenters. The molecule has 0 radical (unpaired) electrons. The zero-order chi connectivity index (χ0) is 19.6. The number of aryl methyl sites for hydroxylation is 1. The zero-order valence-electron chi connectivity index (χ0n) is 16.1. The Kier molecular flexibility index (Phi) is 7.30. The van der Waals surface area contributed by atoms with Crippen LogP contribution >= 0.6 is 0 Å². The second kappa shape index (κ2) is 10.4. The van der Waals surface area contributed by atoms with Crippen LogP contribution in [0.2, 0.25) is 0 Å². The molecule has 3 rings (SSSR count). The largest absolute Gasteiger partial charge is 0.493 e. The van der Waals surface area contributed by atoms with E-state index in [4.69, 9.17) is 14.2 Å². The highest BCUT2D eigenvalue weighted by atomic mass is 19.1. The monoisotopic (exact) mass is 380 g/mol. The summed E-state index contributed by atoms with van der Waals surface area (Å²) in [6.45, 7) is 3.32. The average Bonchev–Trinajstić information content (AvgIpc) is 2.72. The molecular formula is C24H25FO3. The summed E-state index contributed by atoms with van der Waals surface area (Å²) >= 11 is 0. The van der Waals surface area contributed by atoms with Crippen molar-refractivity contribution in [3.8, 4) is 23.0 Å². The van der Waals surface area contributed by atoms with Gasteiger partial charge in [0.15, 0.2) is 0 Å². The number of hydrogen-bond acceptors (Lipinski definition) is 3. The summed E-state index contributed by atoms with van der Waals surface area (Å²) in [4.78, 5) is 0. The van der Waals surface area contributed by atoms with Crippen molar-refractivity contribution in [1.82, 2.24) is 0 Å². The minimum Gasteiger partial charge on any atom is -0.493 e. The number of ether oxygens (including phenoxy) is 3. The van der Waals surface area contributed by atoms with E-state index in [9.17, 15) is 4.39 Å². The van der Waals surface area contributed by atoms with E-state index in [2.05, 4.69) is 6.92 Å². The molecule has 3 aromatic rings. The fourth-order valence-electron chi connectivity index (χ4n) is 2.81.